The van der Waals surface area contributed by atoms with Gasteiger partial charge in [0.15, 0.2) is 5.11 Å². The standard InChI is InChI=1S/C11H10Cl4N4O3S/c12-5-8(20)17-9(11(13,14)15)18-10(23)16-6-1-3-7(4-2-6)19(21)22/h1-4,9H,5H2,(H,17,20)(H2,16,18,23)/t9-/m1/s1. The van der Waals surface area contributed by atoms with Crippen LogP contribution in [-0.4, -0.2) is 31.8 Å². The number of nitro groups is 1. The van der Waals surface area contributed by atoms with Crippen LogP contribution in [0, 0.1) is 10.1 Å². The number of nitro benzene ring substituents is 1. The molecule has 0 aliphatic heterocycles. The zero-order valence-corrected chi connectivity index (χ0v) is 15.0. The van der Waals surface area contributed by atoms with E-state index in [1.54, 1.807) is 0 Å². The summed E-state index contributed by atoms with van der Waals surface area (Å²) >= 11 is 27.7. The average Bonchev–Trinajstić information content (AvgIpc) is 2.45. The summed E-state index contributed by atoms with van der Waals surface area (Å²) < 4.78 is -1.89. The van der Waals surface area contributed by atoms with Crippen molar-refractivity contribution in [2.45, 2.75) is 9.96 Å². The van der Waals surface area contributed by atoms with Crippen LogP contribution in [0.15, 0.2) is 24.3 Å². The fraction of sp³-hybridized carbons (Fsp3) is 0.273. The molecule has 0 aliphatic carbocycles. The first-order valence-electron chi connectivity index (χ1n) is 5.87. The summed E-state index contributed by atoms with van der Waals surface area (Å²) in [4.78, 5) is 21.4. The summed E-state index contributed by atoms with van der Waals surface area (Å²) in [7, 11) is 0. The van der Waals surface area contributed by atoms with Crippen molar-refractivity contribution in [3.05, 3.63) is 34.4 Å². The van der Waals surface area contributed by atoms with Gasteiger partial charge in [0.25, 0.3) is 5.69 Å². The molecule has 3 N–H and O–H groups in total. The lowest BCUT2D eigenvalue weighted by Crippen LogP contribution is -2.56. The fourth-order valence-electron chi connectivity index (χ4n) is 1.36. The summed E-state index contributed by atoms with van der Waals surface area (Å²) in [5.41, 5.74) is 0.405. The molecule has 1 rings (SSSR count). The maximum absolute atomic E-state index is 11.3. The molecule has 0 fully saturated rings. The van der Waals surface area contributed by atoms with Gasteiger partial charge in [-0.25, -0.2) is 0 Å². The number of nitrogens with one attached hydrogen (secondary N) is 3. The van der Waals surface area contributed by atoms with E-state index in [9.17, 15) is 14.9 Å². The highest BCUT2D eigenvalue weighted by Gasteiger charge is 2.34. The quantitative estimate of drug-likeness (QED) is 0.223. The number of anilines is 1. The molecule has 1 aromatic rings. The molecule has 0 radical (unpaired) electrons. The Bertz CT molecular complexity index is 594. The van der Waals surface area contributed by atoms with E-state index >= 15 is 0 Å². The van der Waals surface area contributed by atoms with Crippen LogP contribution < -0.4 is 16.0 Å². The van der Waals surface area contributed by atoms with Gasteiger partial charge >= 0.3 is 0 Å². The van der Waals surface area contributed by atoms with Crippen LogP contribution in [-0.2, 0) is 4.79 Å². The van der Waals surface area contributed by atoms with Gasteiger partial charge in [0.1, 0.15) is 12.0 Å². The highest BCUT2D eigenvalue weighted by molar-refractivity contribution is 7.80. The van der Waals surface area contributed by atoms with Crippen molar-refractivity contribution in [1.29, 1.82) is 0 Å². The SMILES string of the molecule is O=C(CCl)N[C@H](NC(=S)Nc1ccc([N+](=O)[O-])cc1)C(Cl)(Cl)Cl. The first-order valence-corrected chi connectivity index (χ1v) is 7.95. The zero-order valence-electron chi connectivity index (χ0n) is 11.2. The van der Waals surface area contributed by atoms with E-state index in [0.29, 0.717) is 5.69 Å². The smallest absolute Gasteiger partial charge is 0.269 e. The van der Waals surface area contributed by atoms with Gasteiger partial charge < -0.3 is 16.0 Å². The van der Waals surface area contributed by atoms with Gasteiger partial charge in [-0.15, -0.1) is 11.6 Å². The van der Waals surface area contributed by atoms with E-state index < -0.39 is 20.8 Å². The van der Waals surface area contributed by atoms with Crippen molar-refractivity contribution in [3.63, 3.8) is 0 Å². The zero-order chi connectivity index (χ0) is 17.6. The Morgan fingerprint density at radius 1 is 1.26 bits per heavy atom. The topological polar surface area (TPSA) is 96.3 Å². The third kappa shape index (κ3) is 6.92. The second-order valence-corrected chi connectivity index (χ2v) is 7.12. The van der Waals surface area contributed by atoms with Gasteiger partial charge in [-0.1, -0.05) is 34.8 Å². The Morgan fingerprint density at radius 3 is 2.26 bits per heavy atom. The predicted octanol–water partition coefficient (Wildman–Crippen LogP) is 2.93. The maximum atomic E-state index is 11.3. The summed E-state index contributed by atoms with van der Waals surface area (Å²) in [6, 6.07) is 5.50. The summed E-state index contributed by atoms with van der Waals surface area (Å²) in [6.45, 7) is 0. The molecule has 1 atom stereocenters. The van der Waals surface area contributed by atoms with Crippen molar-refractivity contribution in [2.24, 2.45) is 0 Å². The minimum Gasteiger partial charge on any atom is -0.339 e. The van der Waals surface area contributed by atoms with Crippen molar-refractivity contribution in [3.8, 4) is 0 Å². The molecular formula is C11H10Cl4N4O3S. The van der Waals surface area contributed by atoms with E-state index in [1.807, 2.05) is 0 Å². The number of hydrogen-bond acceptors (Lipinski definition) is 4. The van der Waals surface area contributed by atoms with Gasteiger partial charge in [-0.05, 0) is 24.4 Å². The first kappa shape index (κ1) is 20.0. The Kier molecular flexibility index (Phi) is 7.56. The number of carbonyl (C=O) groups excluding carboxylic acids is 1. The fourth-order valence-corrected chi connectivity index (χ4v) is 2.00. The molecule has 0 saturated heterocycles. The maximum Gasteiger partial charge on any atom is 0.269 e. The number of hydrogen-bond donors (Lipinski definition) is 3. The van der Waals surface area contributed by atoms with Gasteiger partial charge in [0.05, 0.1) is 4.92 Å². The van der Waals surface area contributed by atoms with Crippen LogP contribution in [0.1, 0.15) is 0 Å². The number of thiocarbonyl (C=S) groups is 1. The molecule has 126 valence electrons. The van der Waals surface area contributed by atoms with E-state index in [1.165, 1.54) is 24.3 Å². The predicted molar refractivity (Wildman–Crippen MR) is 95.4 cm³/mol. The molecule has 1 amide bonds. The van der Waals surface area contributed by atoms with Crippen molar-refractivity contribution < 1.29 is 9.72 Å². The van der Waals surface area contributed by atoms with Crippen molar-refractivity contribution >= 4 is 81.0 Å². The highest BCUT2D eigenvalue weighted by Crippen LogP contribution is 2.29. The van der Waals surface area contributed by atoms with Crippen LogP contribution in [0.25, 0.3) is 0 Å². The largest absolute Gasteiger partial charge is 0.339 e. The highest BCUT2D eigenvalue weighted by atomic mass is 35.6. The van der Waals surface area contributed by atoms with E-state index in [-0.39, 0.29) is 16.7 Å². The van der Waals surface area contributed by atoms with Crippen LogP contribution in [0.2, 0.25) is 0 Å². The number of benzene rings is 1. The molecule has 0 aromatic heterocycles. The van der Waals surface area contributed by atoms with Crippen LogP contribution in [0.3, 0.4) is 0 Å². The molecule has 1 aromatic carbocycles. The lowest BCUT2D eigenvalue weighted by Gasteiger charge is -2.27. The number of halogens is 4. The third-order valence-corrected chi connectivity index (χ3v) is 3.48. The third-order valence-electron chi connectivity index (χ3n) is 2.37. The number of alkyl halides is 4. The molecular weight excluding hydrogens is 410 g/mol. The Labute approximate surface area is 156 Å². The monoisotopic (exact) mass is 418 g/mol. The number of carbonyl (C=O) groups is 1. The average molecular weight is 420 g/mol. The second kappa shape index (κ2) is 8.70. The Balaban J connectivity index is 2.71. The van der Waals surface area contributed by atoms with Crippen LogP contribution >= 0.6 is 58.6 Å². The number of non-ortho nitro benzene ring substituents is 1. The summed E-state index contributed by atoms with van der Waals surface area (Å²) in [6.07, 6.45) is -1.13. The van der Waals surface area contributed by atoms with Gasteiger partial charge in [-0.2, -0.15) is 0 Å². The van der Waals surface area contributed by atoms with Crippen LogP contribution in [0.4, 0.5) is 11.4 Å². The molecule has 0 saturated carbocycles. The van der Waals surface area contributed by atoms with Crippen molar-refractivity contribution in [2.75, 3.05) is 11.2 Å². The van der Waals surface area contributed by atoms with Gasteiger partial charge in [0, 0.05) is 17.8 Å². The molecule has 0 unspecified atom stereocenters. The Hall–Kier alpha value is -1.06. The normalized spacial score (nSPS) is 12.2. The number of nitrogens with zero attached hydrogens (tertiary/aromatic N) is 1. The van der Waals surface area contributed by atoms with E-state index in [0.717, 1.165) is 0 Å². The van der Waals surface area contributed by atoms with Gasteiger partial charge in [0.2, 0.25) is 9.70 Å². The molecule has 0 bridgehead atoms. The van der Waals surface area contributed by atoms with E-state index in [2.05, 4.69) is 16.0 Å². The lowest BCUT2D eigenvalue weighted by molar-refractivity contribution is -0.384. The summed E-state index contributed by atoms with van der Waals surface area (Å²) in [5, 5.41) is 18.3. The molecule has 0 heterocycles. The lowest BCUT2D eigenvalue weighted by atomic mass is 10.3. The number of amides is 1. The minimum absolute atomic E-state index is 0.0325. The van der Waals surface area contributed by atoms with Crippen molar-refractivity contribution in [1.82, 2.24) is 10.6 Å². The molecule has 0 aliphatic rings. The molecule has 7 nitrogen and oxygen atoms in total. The Morgan fingerprint density at radius 2 is 1.83 bits per heavy atom. The molecule has 23 heavy (non-hydrogen) atoms. The van der Waals surface area contributed by atoms with E-state index in [4.69, 9.17) is 58.6 Å². The number of rotatable bonds is 5. The molecule has 12 heteroatoms. The van der Waals surface area contributed by atoms with Gasteiger partial charge in [-0.3, -0.25) is 14.9 Å². The second-order valence-electron chi connectivity index (χ2n) is 4.08. The molecule has 0 spiro atoms. The summed E-state index contributed by atoms with van der Waals surface area (Å²) in [5.74, 6) is -0.879. The van der Waals surface area contributed by atoms with Crippen LogP contribution in [0.5, 0.6) is 0 Å². The first-order chi connectivity index (χ1) is 10.6. The minimum atomic E-state index is -1.89.